The molecular weight excluding hydrogens is 274 g/mol. The predicted molar refractivity (Wildman–Crippen MR) is 85.9 cm³/mol. The lowest BCUT2D eigenvalue weighted by Crippen LogP contribution is -2.01. The Labute approximate surface area is 129 Å². The van der Waals surface area contributed by atoms with E-state index < -0.39 is 0 Å². The van der Waals surface area contributed by atoms with E-state index in [1.165, 1.54) is 0 Å². The highest BCUT2D eigenvalue weighted by molar-refractivity contribution is 5.73. The third kappa shape index (κ3) is 2.11. The summed E-state index contributed by atoms with van der Waals surface area (Å²) in [5.41, 5.74) is 4.52. The molecule has 0 aliphatic heterocycles. The van der Waals surface area contributed by atoms with Gasteiger partial charge < -0.3 is 4.74 Å². The second-order valence-corrected chi connectivity index (χ2v) is 5.26. The van der Waals surface area contributed by atoms with Gasteiger partial charge in [0.15, 0.2) is 0 Å². The number of fused-ring (bicyclic) bond motifs is 1. The Morgan fingerprint density at radius 1 is 1.18 bits per heavy atom. The van der Waals surface area contributed by atoms with Crippen LogP contribution in [0.5, 0.6) is 5.75 Å². The summed E-state index contributed by atoms with van der Waals surface area (Å²) >= 11 is 0. The molecule has 1 aromatic carbocycles. The van der Waals surface area contributed by atoms with E-state index in [1.54, 1.807) is 7.11 Å². The second kappa shape index (κ2) is 5.53. The molecule has 0 amide bonds. The van der Waals surface area contributed by atoms with Gasteiger partial charge in [0.25, 0.3) is 0 Å². The lowest BCUT2D eigenvalue weighted by atomic mass is 10.0. The van der Waals surface area contributed by atoms with Crippen molar-refractivity contribution in [3.8, 4) is 23.1 Å². The molecule has 1 atom stereocenters. The summed E-state index contributed by atoms with van der Waals surface area (Å²) in [4.78, 5) is 4.75. The molecule has 2 heterocycles. The summed E-state index contributed by atoms with van der Waals surface area (Å²) in [5, 5.41) is 9.43. The molecule has 0 saturated carbocycles. The van der Waals surface area contributed by atoms with Crippen LogP contribution in [-0.4, -0.2) is 16.5 Å². The predicted octanol–water partition coefficient (Wildman–Crippen LogP) is 3.95. The van der Waals surface area contributed by atoms with Gasteiger partial charge in [-0.1, -0.05) is 18.2 Å². The average molecular weight is 291 g/mol. The zero-order chi connectivity index (χ0) is 15.7. The van der Waals surface area contributed by atoms with Crippen molar-refractivity contribution in [2.45, 2.75) is 19.8 Å². The molecule has 1 unspecified atom stereocenters. The van der Waals surface area contributed by atoms with Gasteiger partial charge in [0, 0.05) is 11.3 Å². The fourth-order valence-corrected chi connectivity index (χ4v) is 2.78. The van der Waals surface area contributed by atoms with E-state index >= 15 is 0 Å². The van der Waals surface area contributed by atoms with Gasteiger partial charge in [0.1, 0.15) is 11.4 Å². The van der Waals surface area contributed by atoms with Crippen molar-refractivity contribution >= 4 is 5.65 Å². The van der Waals surface area contributed by atoms with Crippen molar-refractivity contribution in [1.29, 1.82) is 5.26 Å². The van der Waals surface area contributed by atoms with E-state index in [2.05, 4.69) is 10.5 Å². The number of aromatic nitrogens is 2. The molecule has 4 nitrogen and oxygen atoms in total. The van der Waals surface area contributed by atoms with Crippen molar-refractivity contribution in [2.24, 2.45) is 0 Å². The molecule has 0 N–H and O–H groups in total. The van der Waals surface area contributed by atoms with Crippen molar-refractivity contribution in [3.05, 3.63) is 53.9 Å². The molecule has 0 spiro atoms. The van der Waals surface area contributed by atoms with Crippen molar-refractivity contribution in [3.63, 3.8) is 0 Å². The number of pyridine rings is 1. The fourth-order valence-electron chi connectivity index (χ4n) is 2.78. The number of para-hydroxylation sites is 1. The van der Waals surface area contributed by atoms with Crippen LogP contribution >= 0.6 is 0 Å². The van der Waals surface area contributed by atoms with Crippen LogP contribution in [-0.2, 0) is 0 Å². The van der Waals surface area contributed by atoms with Gasteiger partial charge in [-0.3, -0.25) is 4.40 Å². The Balaban J connectivity index is 2.39. The van der Waals surface area contributed by atoms with Crippen LogP contribution in [0.2, 0.25) is 0 Å². The SMILES string of the molecule is COc1ccccc1-c1nc2cccc(C)n2c1C(C)C#N. The van der Waals surface area contributed by atoms with Crippen molar-refractivity contribution in [2.75, 3.05) is 7.11 Å². The number of hydrogen-bond donors (Lipinski definition) is 0. The first-order valence-electron chi connectivity index (χ1n) is 7.18. The zero-order valence-electron chi connectivity index (χ0n) is 12.9. The first kappa shape index (κ1) is 14.2. The molecule has 0 aliphatic rings. The van der Waals surface area contributed by atoms with Gasteiger partial charge in [0.2, 0.25) is 0 Å². The summed E-state index contributed by atoms with van der Waals surface area (Å²) in [6, 6.07) is 16.1. The topological polar surface area (TPSA) is 50.3 Å². The number of benzene rings is 1. The van der Waals surface area contributed by atoms with E-state index in [1.807, 2.05) is 56.3 Å². The first-order valence-corrected chi connectivity index (χ1v) is 7.18. The number of aryl methyl sites for hydroxylation is 1. The zero-order valence-corrected chi connectivity index (χ0v) is 12.9. The molecule has 0 radical (unpaired) electrons. The van der Waals surface area contributed by atoms with E-state index in [-0.39, 0.29) is 5.92 Å². The molecule has 0 fully saturated rings. The van der Waals surface area contributed by atoms with Gasteiger partial charge in [-0.2, -0.15) is 5.26 Å². The Kier molecular flexibility index (Phi) is 3.56. The minimum absolute atomic E-state index is 0.268. The van der Waals surface area contributed by atoms with Crippen LogP contribution in [0.15, 0.2) is 42.5 Å². The highest BCUT2D eigenvalue weighted by Crippen LogP contribution is 2.35. The molecule has 110 valence electrons. The monoisotopic (exact) mass is 291 g/mol. The van der Waals surface area contributed by atoms with Gasteiger partial charge in [-0.15, -0.1) is 0 Å². The molecular formula is C18H17N3O. The standard InChI is InChI=1S/C18H17N3O/c1-12(11-19)18-17(14-8-4-5-9-15(14)22-3)20-16-10-6-7-13(2)21(16)18/h4-10,12H,1-3H3. The molecule has 4 heteroatoms. The normalized spacial score (nSPS) is 12.1. The fraction of sp³-hybridized carbons (Fsp3) is 0.222. The van der Waals surface area contributed by atoms with Gasteiger partial charge in [-0.05, 0) is 38.1 Å². The number of rotatable bonds is 3. The van der Waals surface area contributed by atoms with Crippen LogP contribution in [0.3, 0.4) is 0 Å². The largest absolute Gasteiger partial charge is 0.496 e. The van der Waals surface area contributed by atoms with Crippen molar-refractivity contribution < 1.29 is 4.74 Å². The average Bonchev–Trinajstić information content (AvgIpc) is 2.94. The number of methoxy groups -OCH3 is 1. The summed E-state index contributed by atoms with van der Waals surface area (Å²) in [5.74, 6) is 0.492. The van der Waals surface area contributed by atoms with Gasteiger partial charge in [0.05, 0.1) is 30.5 Å². The third-order valence-corrected chi connectivity index (χ3v) is 3.84. The molecule has 2 aromatic heterocycles. The van der Waals surface area contributed by atoms with E-state index in [4.69, 9.17) is 9.72 Å². The van der Waals surface area contributed by atoms with Gasteiger partial charge >= 0.3 is 0 Å². The van der Waals surface area contributed by atoms with Crippen LogP contribution in [0.1, 0.15) is 24.2 Å². The number of nitriles is 1. The molecule has 0 aliphatic carbocycles. The minimum Gasteiger partial charge on any atom is -0.496 e. The minimum atomic E-state index is -0.268. The number of hydrogen-bond acceptors (Lipinski definition) is 3. The number of imidazole rings is 1. The maximum atomic E-state index is 9.43. The quantitative estimate of drug-likeness (QED) is 0.734. The molecule has 0 bridgehead atoms. The first-order chi connectivity index (χ1) is 10.7. The summed E-state index contributed by atoms with van der Waals surface area (Å²) < 4.78 is 7.51. The Morgan fingerprint density at radius 2 is 1.95 bits per heavy atom. The lowest BCUT2D eigenvalue weighted by Gasteiger charge is -2.11. The van der Waals surface area contributed by atoms with Gasteiger partial charge in [-0.25, -0.2) is 4.98 Å². The Bertz CT molecular complexity index is 874. The van der Waals surface area contributed by atoms with E-state index in [0.717, 1.165) is 34.0 Å². The Morgan fingerprint density at radius 3 is 2.68 bits per heavy atom. The Hall–Kier alpha value is -2.80. The maximum Gasteiger partial charge on any atom is 0.137 e. The van der Waals surface area contributed by atoms with Crippen LogP contribution in [0.4, 0.5) is 0 Å². The van der Waals surface area contributed by atoms with Crippen LogP contribution < -0.4 is 4.74 Å². The van der Waals surface area contributed by atoms with E-state index in [0.29, 0.717) is 0 Å². The molecule has 3 rings (SSSR count). The molecule has 0 saturated heterocycles. The second-order valence-electron chi connectivity index (χ2n) is 5.26. The van der Waals surface area contributed by atoms with Crippen molar-refractivity contribution in [1.82, 2.24) is 9.38 Å². The molecule has 22 heavy (non-hydrogen) atoms. The number of ether oxygens (including phenoxy) is 1. The van der Waals surface area contributed by atoms with Crippen LogP contribution in [0.25, 0.3) is 16.9 Å². The highest BCUT2D eigenvalue weighted by Gasteiger charge is 2.22. The lowest BCUT2D eigenvalue weighted by molar-refractivity contribution is 0.416. The molecule has 3 aromatic rings. The third-order valence-electron chi connectivity index (χ3n) is 3.84. The van der Waals surface area contributed by atoms with Crippen LogP contribution in [0, 0.1) is 18.3 Å². The number of nitrogens with zero attached hydrogens (tertiary/aromatic N) is 3. The smallest absolute Gasteiger partial charge is 0.137 e. The maximum absolute atomic E-state index is 9.43. The van der Waals surface area contributed by atoms with E-state index in [9.17, 15) is 5.26 Å². The highest BCUT2D eigenvalue weighted by atomic mass is 16.5. The summed E-state index contributed by atoms with van der Waals surface area (Å²) in [6.07, 6.45) is 0. The summed E-state index contributed by atoms with van der Waals surface area (Å²) in [7, 11) is 1.65. The summed E-state index contributed by atoms with van der Waals surface area (Å²) in [6.45, 7) is 3.92.